The zero-order chi connectivity index (χ0) is 15.6. The molecule has 2 rings (SSSR count). The molecule has 8 heteroatoms. The second kappa shape index (κ2) is 6.05. The van der Waals surface area contributed by atoms with Gasteiger partial charge in [0, 0.05) is 51.0 Å². The molecule has 0 unspecified atom stereocenters. The van der Waals surface area contributed by atoms with Gasteiger partial charge < -0.3 is 4.90 Å². The maximum Gasteiger partial charge on any atom is 0.471 e. The number of rotatable bonds is 3. The van der Waals surface area contributed by atoms with Crippen LogP contribution in [0.4, 0.5) is 13.2 Å². The average molecular weight is 304 g/mol. The molecule has 1 aromatic rings. The minimum atomic E-state index is -4.78. The van der Waals surface area contributed by atoms with Crippen LogP contribution < -0.4 is 0 Å². The lowest BCUT2D eigenvalue weighted by atomic mass is 10.2. The van der Waals surface area contributed by atoms with Crippen molar-refractivity contribution in [1.82, 2.24) is 19.6 Å². The lowest BCUT2D eigenvalue weighted by molar-refractivity contribution is -0.187. The molecule has 1 fully saturated rings. The number of carbonyl (C=O) groups excluding carboxylic acids is 1. The Morgan fingerprint density at radius 3 is 2.38 bits per heavy atom. The SMILES string of the molecule is CCn1cc(CN2CCN(C(=O)C(F)(F)F)CC2)c(C)n1. The van der Waals surface area contributed by atoms with E-state index < -0.39 is 12.1 Å². The molecule has 5 nitrogen and oxygen atoms in total. The molecule has 0 aromatic carbocycles. The van der Waals surface area contributed by atoms with E-state index in [4.69, 9.17) is 0 Å². The highest BCUT2D eigenvalue weighted by molar-refractivity contribution is 5.81. The van der Waals surface area contributed by atoms with Gasteiger partial charge in [0.2, 0.25) is 0 Å². The number of halogens is 3. The van der Waals surface area contributed by atoms with Gasteiger partial charge in [0.15, 0.2) is 0 Å². The Balaban J connectivity index is 1.89. The van der Waals surface area contributed by atoms with Crippen molar-refractivity contribution in [2.75, 3.05) is 26.2 Å². The molecule has 1 aliphatic heterocycles. The molecular weight excluding hydrogens is 285 g/mol. The number of amides is 1. The highest BCUT2D eigenvalue weighted by atomic mass is 19.4. The molecule has 0 atom stereocenters. The Bertz CT molecular complexity index is 504. The normalized spacial score (nSPS) is 17.3. The summed E-state index contributed by atoms with van der Waals surface area (Å²) in [6, 6.07) is 0. The Morgan fingerprint density at radius 2 is 1.90 bits per heavy atom. The quantitative estimate of drug-likeness (QED) is 0.848. The molecule has 0 N–H and O–H groups in total. The van der Waals surface area contributed by atoms with E-state index in [1.165, 1.54) is 0 Å². The second-order valence-electron chi connectivity index (χ2n) is 5.16. The molecule has 1 amide bonds. The standard InChI is InChI=1S/C13H19F3N4O/c1-3-20-9-11(10(2)17-20)8-18-4-6-19(7-5-18)12(21)13(14,15)16/h9H,3-8H2,1-2H3. The highest BCUT2D eigenvalue weighted by Crippen LogP contribution is 2.20. The fraction of sp³-hybridized carbons (Fsp3) is 0.692. The molecule has 0 spiro atoms. The van der Waals surface area contributed by atoms with E-state index in [9.17, 15) is 18.0 Å². The minimum Gasteiger partial charge on any atom is -0.332 e. The van der Waals surface area contributed by atoms with Gasteiger partial charge in [0.05, 0.1) is 5.69 Å². The van der Waals surface area contributed by atoms with Gasteiger partial charge in [-0.05, 0) is 13.8 Å². The molecule has 1 aliphatic rings. The van der Waals surface area contributed by atoms with E-state index in [1.54, 1.807) is 0 Å². The van der Waals surface area contributed by atoms with E-state index >= 15 is 0 Å². The monoisotopic (exact) mass is 304 g/mol. The van der Waals surface area contributed by atoms with Gasteiger partial charge in [-0.1, -0.05) is 0 Å². The van der Waals surface area contributed by atoms with Crippen molar-refractivity contribution >= 4 is 5.91 Å². The van der Waals surface area contributed by atoms with Crippen molar-refractivity contribution < 1.29 is 18.0 Å². The molecule has 1 saturated heterocycles. The summed E-state index contributed by atoms with van der Waals surface area (Å²) in [5, 5.41) is 4.35. The number of nitrogens with zero attached hydrogens (tertiary/aromatic N) is 4. The van der Waals surface area contributed by atoms with Gasteiger partial charge >= 0.3 is 12.1 Å². The van der Waals surface area contributed by atoms with E-state index in [-0.39, 0.29) is 13.1 Å². The summed E-state index contributed by atoms with van der Waals surface area (Å²) in [6.07, 6.45) is -2.82. The van der Waals surface area contributed by atoms with Crippen molar-refractivity contribution in [3.63, 3.8) is 0 Å². The third-order valence-electron chi connectivity index (χ3n) is 3.67. The Labute approximate surface area is 121 Å². The van der Waals surface area contributed by atoms with Crippen molar-refractivity contribution in [2.45, 2.75) is 33.1 Å². The van der Waals surface area contributed by atoms with Gasteiger partial charge in [-0.2, -0.15) is 18.3 Å². The number of hydrogen-bond acceptors (Lipinski definition) is 3. The van der Waals surface area contributed by atoms with Crippen LogP contribution in [0.15, 0.2) is 6.20 Å². The third-order valence-corrected chi connectivity index (χ3v) is 3.67. The van der Waals surface area contributed by atoms with Crippen LogP contribution in [0, 0.1) is 6.92 Å². The highest BCUT2D eigenvalue weighted by Gasteiger charge is 2.43. The van der Waals surface area contributed by atoms with Gasteiger partial charge in [0.25, 0.3) is 0 Å². The topological polar surface area (TPSA) is 41.4 Å². The number of piperazine rings is 1. The molecular formula is C13H19F3N4O. The second-order valence-corrected chi connectivity index (χ2v) is 5.16. The van der Waals surface area contributed by atoms with Crippen LogP contribution in [-0.2, 0) is 17.9 Å². The summed E-state index contributed by atoms with van der Waals surface area (Å²) in [6.45, 7) is 6.47. The summed E-state index contributed by atoms with van der Waals surface area (Å²) in [5.41, 5.74) is 2.01. The first-order valence-corrected chi connectivity index (χ1v) is 6.92. The molecule has 118 valence electrons. The maximum atomic E-state index is 12.4. The van der Waals surface area contributed by atoms with Gasteiger partial charge in [0.1, 0.15) is 0 Å². The summed E-state index contributed by atoms with van der Waals surface area (Å²) in [4.78, 5) is 14.1. The van der Waals surface area contributed by atoms with E-state index in [2.05, 4.69) is 5.10 Å². The van der Waals surface area contributed by atoms with Crippen LogP contribution in [0.1, 0.15) is 18.2 Å². The minimum absolute atomic E-state index is 0.110. The fourth-order valence-corrected chi connectivity index (χ4v) is 2.41. The number of hydrogen-bond donors (Lipinski definition) is 0. The zero-order valence-corrected chi connectivity index (χ0v) is 12.2. The number of aryl methyl sites for hydroxylation is 2. The zero-order valence-electron chi connectivity index (χ0n) is 12.2. The fourth-order valence-electron chi connectivity index (χ4n) is 2.41. The van der Waals surface area contributed by atoms with Crippen LogP contribution in [-0.4, -0.2) is 57.8 Å². The lowest BCUT2D eigenvalue weighted by Crippen LogP contribution is -2.52. The first-order valence-electron chi connectivity index (χ1n) is 6.92. The predicted octanol–water partition coefficient (Wildman–Crippen LogP) is 1.42. The summed E-state index contributed by atoms with van der Waals surface area (Å²) < 4.78 is 38.9. The van der Waals surface area contributed by atoms with Crippen LogP contribution in [0.25, 0.3) is 0 Å². The van der Waals surface area contributed by atoms with E-state index in [0.29, 0.717) is 19.6 Å². The van der Waals surface area contributed by atoms with Crippen molar-refractivity contribution in [1.29, 1.82) is 0 Å². The Kier molecular flexibility index (Phi) is 4.55. The average Bonchev–Trinajstić information content (AvgIpc) is 2.78. The van der Waals surface area contributed by atoms with Crippen molar-refractivity contribution in [3.05, 3.63) is 17.5 Å². The smallest absolute Gasteiger partial charge is 0.332 e. The molecule has 0 radical (unpaired) electrons. The van der Waals surface area contributed by atoms with Crippen molar-refractivity contribution in [3.8, 4) is 0 Å². The number of alkyl halides is 3. The Hall–Kier alpha value is -1.57. The van der Waals surface area contributed by atoms with Crippen LogP contribution in [0.3, 0.4) is 0 Å². The summed E-state index contributed by atoms with van der Waals surface area (Å²) in [5.74, 6) is -1.74. The van der Waals surface area contributed by atoms with E-state index in [0.717, 1.165) is 22.7 Å². The third kappa shape index (κ3) is 3.75. The van der Waals surface area contributed by atoms with Gasteiger partial charge in [-0.25, -0.2) is 0 Å². The number of carbonyl (C=O) groups is 1. The summed E-state index contributed by atoms with van der Waals surface area (Å²) in [7, 11) is 0. The lowest BCUT2D eigenvalue weighted by Gasteiger charge is -2.34. The van der Waals surface area contributed by atoms with Crippen LogP contribution >= 0.6 is 0 Å². The molecule has 0 aliphatic carbocycles. The van der Waals surface area contributed by atoms with Crippen LogP contribution in [0.2, 0.25) is 0 Å². The number of aromatic nitrogens is 2. The predicted molar refractivity (Wildman–Crippen MR) is 70.6 cm³/mol. The maximum absolute atomic E-state index is 12.4. The van der Waals surface area contributed by atoms with Gasteiger partial charge in [-0.15, -0.1) is 0 Å². The van der Waals surface area contributed by atoms with Crippen LogP contribution in [0.5, 0.6) is 0 Å². The van der Waals surface area contributed by atoms with E-state index in [1.807, 2.05) is 29.6 Å². The molecule has 0 bridgehead atoms. The van der Waals surface area contributed by atoms with Gasteiger partial charge in [-0.3, -0.25) is 14.4 Å². The van der Waals surface area contributed by atoms with Crippen molar-refractivity contribution in [2.24, 2.45) is 0 Å². The Morgan fingerprint density at radius 1 is 1.29 bits per heavy atom. The molecule has 1 aromatic heterocycles. The molecule has 0 saturated carbocycles. The molecule has 2 heterocycles. The summed E-state index contributed by atoms with van der Waals surface area (Å²) >= 11 is 0. The molecule has 21 heavy (non-hydrogen) atoms. The first kappa shape index (κ1) is 15.8. The largest absolute Gasteiger partial charge is 0.471 e. The first-order chi connectivity index (χ1) is 9.81.